The molecule has 25 heavy (non-hydrogen) atoms. The topological polar surface area (TPSA) is 38.0 Å². The van der Waals surface area contributed by atoms with Crippen LogP contribution in [-0.2, 0) is 0 Å². The van der Waals surface area contributed by atoms with Gasteiger partial charge in [0.05, 0.1) is 23.8 Å². The summed E-state index contributed by atoms with van der Waals surface area (Å²) >= 11 is 12.2. The largest absolute Gasteiger partial charge is 0.497 e. The lowest BCUT2D eigenvalue weighted by Gasteiger charge is -2.09. The van der Waals surface area contributed by atoms with Crippen LogP contribution in [0.15, 0.2) is 60.8 Å². The summed E-state index contributed by atoms with van der Waals surface area (Å²) in [5.41, 5.74) is 2.95. The van der Waals surface area contributed by atoms with Crippen molar-refractivity contribution in [3.63, 3.8) is 0 Å². The summed E-state index contributed by atoms with van der Waals surface area (Å²) in [6.45, 7) is 0. The Morgan fingerprint density at radius 1 is 1.12 bits per heavy atom. The third kappa shape index (κ3) is 3.71. The minimum atomic E-state index is 0.447. The average molecular weight is 369 g/mol. The molecule has 0 bridgehead atoms. The maximum atomic E-state index is 9.57. The van der Waals surface area contributed by atoms with Crippen LogP contribution in [0.2, 0.25) is 10.0 Å². The van der Waals surface area contributed by atoms with Crippen molar-refractivity contribution in [2.24, 2.45) is 0 Å². The van der Waals surface area contributed by atoms with Gasteiger partial charge >= 0.3 is 0 Å². The summed E-state index contributed by atoms with van der Waals surface area (Å²) in [4.78, 5) is 0. The molecule has 0 radical (unpaired) electrons. The van der Waals surface area contributed by atoms with Crippen LogP contribution in [0.5, 0.6) is 5.75 Å². The van der Waals surface area contributed by atoms with Crippen LogP contribution < -0.4 is 4.74 Å². The maximum Gasteiger partial charge on any atom is 0.119 e. The van der Waals surface area contributed by atoms with E-state index in [1.54, 1.807) is 31.4 Å². The third-order valence-electron chi connectivity index (χ3n) is 3.76. The molecular weight excluding hydrogens is 355 g/mol. The fourth-order valence-electron chi connectivity index (χ4n) is 2.52. The van der Waals surface area contributed by atoms with E-state index in [0.29, 0.717) is 21.2 Å². The van der Waals surface area contributed by atoms with Gasteiger partial charge in [-0.15, -0.1) is 0 Å². The van der Waals surface area contributed by atoms with Crippen molar-refractivity contribution in [3.05, 3.63) is 82.1 Å². The second kappa shape index (κ2) is 7.48. The SMILES string of the molecule is COc1ccc(-n2cccc2C=C(C#N)c2ccc(Cl)cc2Cl)cc1. The highest BCUT2D eigenvalue weighted by atomic mass is 35.5. The first-order valence-electron chi connectivity index (χ1n) is 7.51. The number of nitrogens with zero attached hydrogens (tertiary/aromatic N) is 2. The van der Waals surface area contributed by atoms with Crippen molar-refractivity contribution in [1.29, 1.82) is 5.26 Å². The van der Waals surface area contributed by atoms with Crippen LogP contribution >= 0.6 is 23.2 Å². The third-order valence-corrected chi connectivity index (χ3v) is 4.31. The van der Waals surface area contributed by atoms with Crippen molar-refractivity contribution in [1.82, 2.24) is 4.57 Å². The summed E-state index contributed by atoms with van der Waals surface area (Å²) in [5.74, 6) is 0.790. The Labute approximate surface area is 156 Å². The number of benzene rings is 2. The predicted molar refractivity (Wildman–Crippen MR) is 102 cm³/mol. The van der Waals surface area contributed by atoms with E-state index in [1.165, 1.54) is 0 Å². The van der Waals surface area contributed by atoms with E-state index in [1.807, 2.05) is 47.2 Å². The standard InChI is InChI=1S/C20H14Cl2N2O/c1-25-18-7-5-16(6-8-18)24-10-2-3-17(24)11-14(13-23)19-9-4-15(21)12-20(19)22/h2-12H,1H3. The summed E-state index contributed by atoms with van der Waals surface area (Å²) in [6, 6.07) is 18.9. The molecule has 0 saturated heterocycles. The molecule has 0 fully saturated rings. The molecule has 124 valence electrons. The van der Waals surface area contributed by atoms with E-state index in [9.17, 15) is 5.26 Å². The van der Waals surface area contributed by atoms with E-state index in [4.69, 9.17) is 27.9 Å². The van der Waals surface area contributed by atoms with Crippen LogP contribution in [0.3, 0.4) is 0 Å². The van der Waals surface area contributed by atoms with Gasteiger partial charge in [0, 0.05) is 28.2 Å². The number of allylic oxidation sites excluding steroid dienone is 1. The number of hydrogen-bond acceptors (Lipinski definition) is 2. The van der Waals surface area contributed by atoms with Gasteiger partial charge in [0.15, 0.2) is 0 Å². The van der Waals surface area contributed by atoms with Crippen molar-refractivity contribution < 1.29 is 4.74 Å². The Morgan fingerprint density at radius 2 is 1.88 bits per heavy atom. The highest BCUT2D eigenvalue weighted by Gasteiger charge is 2.09. The number of aromatic nitrogens is 1. The number of rotatable bonds is 4. The number of methoxy groups -OCH3 is 1. The fourth-order valence-corrected chi connectivity index (χ4v) is 3.03. The molecule has 0 atom stereocenters. The zero-order chi connectivity index (χ0) is 17.8. The Bertz CT molecular complexity index is 966. The average Bonchev–Trinajstić information content (AvgIpc) is 3.08. The Kier molecular flexibility index (Phi) is 5.14. The predicted octanol–water partition coefficient (Wildman–Crippen LogP) is 5.86. The molecule has 3 nitrogen and oxygen atoms in total. The van der Waals surface area contributed by atoms with Crippen LogP contribution in [-0.4, -0.2) is 11.7 Å². The Morgan fingerprint density at radius 3 is 2.52 bits per heavy atom. The monoisotopic (exact) mass is 368 g/mol. The van der Waals surface area contributed by atoms with Crippen LogP contribution in [0, 0.1) is 11.3 Å². The number of hydrogen-bond donors (Lipinski definition) is 0. The molecule has 2 aromatic carbocycles. The molecule has 0 unspecified atom stereocenters. The summed E-state index contributed by atoms with van der Waals surface area (Å²) < 4.78 is 7.18. The van der Waals surface area contributed by atoms with E-state index < -0.39 is 0 Å². The van der Waals surface area contributed by atoms with E-state index in [2.05, 4.69) is 6.07 Å². The molecular formula is C20H14Cl2N2O. The van der Waals surface area contributed by atoms with Crippen molar-refractivity contribution in [2.45, 2.75) is 0 Å². The molecule has 0 aliphatic rings. The molecule has 3 rings (SSSR count). The minimum absolute atomic E-state index is 0.447. The van der Waals surface area contributed by atoms with Crippen LogP contribution in [0.4, 0.5) is 0 Å². The molecule has 1 aromatic heterocycles. The zero-order valence-corrected chi connectivity index (χ0v) is 14.9. The first-order valence-corrected chi connectivity index (χ1v) is 8.27. The quantitative estimate of drug-likeness (QED) is 0.541. The highest BCUT2D eigenvalue weighted by Crippen LogP contribution is 2.29. The van der Waals surface area contributed by atoms with Gasteiger partial charge in [0.25, 0.3) is 0 Å². The smallest absolute Gasteiger partial charge is 0.119 e. The van der Waals surface area contributed by atoms with Crippen molar-refractivity contribution >= 4 is 34.9 Å². The van der Waals surface area contributed by atoms with Gasteiger partial charge in [-0.1, -0.05) is 29.3 Å². The molecule has 0 N–H and O–H groups in total. The minimum Gasteiger partial charge on any atom is -0.497 e. The summed E-state index contributed by atoms with van der Waals surface area (Å²) in [7, 11) is 1.63. The molecule has 0 aliphatic heterocycles. The molecule has 5 heteroatoms. The Hall–Kier alpha value is -2.67. The number of halogens is 2. The normalized spacial score (nSPS) is 11.2. The van der Waals surface area contributed by atoms with E-state index in [-0.39, 0.29) is 0 Å². The van der Waals surface area contributed by atoms with E-state index >= 15 is 0 Å². The lowest BCUT2D eigenvalue weighted by Crippen LogP contribution is -1.95. The Balaban J connectivity index is 2.03. The van der Waals surface area contributed by atoms with Gasteiger partial charge in [-0.05, 0) is 54.6 Å². The van der Waals surface area contributed by atoms with Gasteiger partial charge in [-0.25, -0.2) is 0 Å². The lowest BCUT2D eigenvalue weighted by atomic mass is 10.1. The maximum absolute atomic E-state index is 9.57. The van der Waals surface area contributed by atoms with Gasteiger partial charge in [-0.3, -0.25) is 0 Å². The van der Waals surface area contributed by atoms with Gasteiger partial charge < -0.3 is 9.30 Å². The molecule has 0 saturated carbocycles. The first kappa shape index (κ1) is 17.2. The van der Waals surface area contributed by atoms with Crippen molar-refractivity contribution in [2.75, 3.05) is 7.11 Å². The van der Waals surface area contributed by atoms with Crippen LogP contribution in [0.1, 0.15) is 11.3 Å². The lowest BCUT2D eigenvalue weighted by molar-refractivity contribution is 0.414. The highest BCUT2D eigenvalue weighted by molar-refractivity contribution is 6.36. The van der Waals surface area contributed by atoms with Crippen molar-refractivity contribution in [3.8, 4) is 17.5 Å². The van der Waals surface area contributed by atoms with E-state index in [0.717, 1.165) is 17.1 Å². The van der Waals surface area contributed by atoms with Gasteiger partial charge in [0.2, 0.25) is 0 Å². The van der Waals surface area contributed by atoms with Crippen LogP contribution in [0.25, 0.3) is 17.3 Å². The summed E-state index contributed by atoms with van der Waals surface area (Å²) in [5, 5.41) is 10.5. The first-order chi connectivity index (χ1) is 12.1. The molecule has 0 aliphatic carbocycles. The molecule has 3 aromatic rings. The number of ether oxygens (including phenoxy) is 1. The molecule has 0 amide bonds. The fraction of sp³-hybridized carbons (Fsp3) is 0.0500. The number of nitriles is 1. The van der Waals surface area contributed by atoms with Gasteiger partial charge in [0.1, 0.15) is 5.75 Å². The molecule has 1 heterocycles. The molecule has 0 spiro atoms. The van der Waals surface area contributed by atoms with Gasteiger partial charge in [-0.2, -0.15) is 5.26 Å². The zero-order valence-electron chi connectivity index (χ0n) is 13.4. The summed E-state index contributed by atoms with van der Waals surface area (Å²) in [6.07, 6.45) is 3.74. The second-order valence-corrected chi connectivity index (χ2v) is 6.14. The second-order valence-electron chi connectivity index (χ2n) is 5.30.